The molecule has 2 aromatic carbocycles. The number of amides is 1. The normalized spacial score (nSPS) is 11.0. The molecular weight excluding hydrogens is 357 g/mol. The van der Waals surface area contributed by atoms with Gasteiger partial charge < -0.3 is 5.32 Å². The van der Waals surface area contributed by atoms with Crippen molar-refractivity contribution in [2.24, 2.45) is 0 Å². The Morgan fingerprint density at radius 2 is 1.96 bits per heavy atom. The molecule has 0 saturated heterocycles. The first kappa shape index (κ1) is 17.8. The molecule has 0 fully saturated rings. The molecule has 3 rings (SSSR count). The molecule has 0 spiro atoms. The minimum Gasteiger partial charge on any atom is -0.324 e. The maximum atomic E-state index is 11.5. The van der Waals surface area contributed by atoms with Gasteiger partial charge >= 0.3 is 0 Å². The molecule has 1 N–H and O–H groups in total. The summed E-state index contributed by atoms with van der Waals surface area (Å²) in [7, 11) is 0. The lowest BCUT2D eigenvalue weighted by Crippen LogP contribution is -2.06. The number of aryl methyl sites for hydroxylation is 2. The Labute approximate surface area is 156 Å². The molecular formula is C19H19Cl2N3O. The van der Waals surface area contributed by atoms with Gasteiger partial charge in [-0.05, 0) is 36.2 Å². The Bertz CT molecular complexity index is 917. The number of hydrogen-bond donors (Lipinski definition) is 1. The Hall–Kier alpha value is -2.04. The molecule has 0 aliphatic carbocycles. The summed E-state index contributed by atoms with van der Waals surface area (Å²) in [4.78, 5) is 16.2. The van der Waals surface area contributed by atoms with Crippen molar-refractivity contribution in [1.82, 2.24) is 9.55 Å². The van der Waals surface area contributed by atoms with Crippen LogP contribution >= 0.6 is 23.2 Å². The van der Waals surface area contributed by atoms with Crippen LogP contribution in [0.15, 0.2) is 36.4 Å². The summed E-state index contributed by atoms with van der Waals surface area (Å²) in [6.07, 6.45) is 1.60. The zero-order chi connectivity index (χ0) is 18.0. The van der Waals surface area contributed by atoms with Gasteiger partial charge in [0.15, 0.2) is 0 Å². The summed E-state index contributed by atoms with van der Waals surface area (Å²) in [5.41, 5.74) is 4.44. The monoisotopic (exact) mass is 375 g/mol. The number of imidazole rings is 1. The number of alkyl halides is 1. The number of carbonyl (C=O) groups is 1. The Kier molecular flexibility index (Phi) is 5.30. The average Bonchev–Trinajstić information content (AvgIpc) is 2.94. The minimum atomic E-state index is -0.151. The number of rotatable bonds is 5. The molecule has 0 radical (unpaired) electrons. The van der Waals surface area contributed by atoms with Crippen LogP contribution in [0.1, 0.15) is 25.2 Å². The van der Waals surface area contributed by atoms with Crippen LogP contribution in [0, 0.1) is 0 Å². The van der Waals surface area contributed by atoms with Crippen molar-refractivity contribution in [2.75, 3.05) is 11.2 Å². The molecule has 4 nitrogen and oxygen atoms in total. The minimum absolute atomic E-state index is 0.151. The lowest BCUT2D eigenvalue weighted by Gasteiger charge is -2.10. The van der Waals surface area contributed by atoms with Crippen LogP contribution in [0.25, 0.3) is 16.7 Å². The molecule has 130 valence electrons. The number of carbonyl (C=O) groups excluding carboxylic acids is 1. The van der Waals surface area contributed by atoms with E-state index in [0.29, 0.717) is 16.6 Å². The fourth-order valence-electron chi connectivity index (χ4n) is 2.92. The number of benzene rings is 2. The Morgan fingerprint density at radius 3 is 2.56 bits per heavy atom. The maximum Gasteiger partial charge on any atom is 0.221 e. The average molecular weight is 376 g/mol. The Morgan fingerprint density at radius 1 is 1.24 bits per heavy atom. The van der Waals surface area contributed by atoms with Gasteiger partial charge in [0.1, 0.15) is 11.3 Å². The number of hydrogen-bond acceptors (Lipinski definition) is 2. The molecule has 25 heavy (non-hydrogen) atoms. The molecule has 1 heterocycles. The van der Waals surface area contributed by atoms with E-state index in [1.54, 1.807) is 6.07 Å². The summed E-state index contributed by atoms with van der Waals surface area (Å²) in [5.74, 6) is 1.36. The quantitative estimate of drug-likeness (QED) is 0.639. The second-order valence-electron chi connectivity index (χ2n) is 5.82. The van der Waals surface area contributed by atoms with Crippen LogP contribution < -0.4 is 5.32 Å². The van der Waals surface area contributed by atoms with Crippen LogP contribution in [-0.4, -0.2) is 21.3 Å². The third-order valence-electron chi connectivity index (χ3n) is 4.00. The van der Waals surface area contributed by atoms with Crippen molar-refractivity contribution in [3.05, 3.63) is 52.8 Å². The van der Waals surface area contributed by atoms with E-state index in [9.17, 15) is 4.79 Å². The number of anilines is 1. The zero-order valence-corrected chi connectivity index (χ0v) is 15.7. The molecule has 0 aliphatic heterocycles. The highest BCUT2D eigenvalue weighted by Gasteiger charge is 2.16. The lowest BCUT2D eigenvalue weighted by atomic mass is 10.1. The lowest BCUT2D eigenvalue weighted by molar-refractivity contribution is -0.114. The third-order valence-corrected chi connectivity index (χ3v) is 4.41. The molecule has 0 aliphatic rings. The van der Waals surface area contributed by atoms with Gasteiger partial charge in [0, 0.05) is 29.9 Å². The second kappa shape index (κ2) is 7.46. The van der Waals surface area contributed by atoms with Crippen LogP contribution in [0.4, 0.5) is 5.69 Å². The van der Waals surface area contributed by atoms with Crippen LogP contribution in [0.3, 0.4) is 0 Å². The maximum absolute atomic E-state index is 11.5. The first-order valence-electron chi connectivity index (χ1n) is 8.17. The standard InChI is InChI=1S/C19H19Cl2N3O/c1-3-18-23-19-16(22-12(2)25)10-14(21)11-17(19)24(18)15-6-4-13(5-7-15)8-9-20/h4-7,10-11H,3,8-9H2,1-2H3,(H,22,25). The van der Waals surface area contributed by atoms with Gasteiger partial charge in [0.2, 0.25) is 5.91 Å². The van der Waals surface area contributed by atoms with E-state index >= 15 is 0 Å². The number of aromatic nitrogens is 2. The highest BCUT2D eigenvalue weighted by Crippen LogP contribution is 2.31. The molecule has 0 unspecified atom stereocenters. The van der Waals surface area contributed by atoms with E-state index in [0.717, 1.165) is 35.4 Å². The molecule has 0 bridgehead atoms. The van der Waals surface area contributed by atoms with Crippen molar-refractivity contribution in [3.63, 3.8) is 0 Å². The molecule has 6 heteroatoms. The second-order valence-corrected chi connectivity index (χ2v) is 6.64. The van der Waals surface area contributed by atoms with Gasteiger partial charge in [0.05, 0.1) is 11.2 Å². The van der Waals surface area contributed by atoms with E-state index in [1.807, 2.05) is 6.07 Å². The van der Waals surface area contributed by atoms with Gasteiger partial charge in [-0.3, -0.25) is 9.36 Å². The first-order valence-corrected chi connectivity index (χ1v) is 9.08. The molecule has 1 amide bonds. The SMILES string of the molecule is CCc1nc2c(NC(C)=O)cc(Cl)cc2n1-c1ccc(CCCl)cc1. The zero-order valence-electron chi connectivity index (χ0n) is 14.1. The van der Waals surface area contributed by atoms with Gasteiger partial charge in [0.25, 0.3) is 0 Å². The molecule has 1 aromatic heterocycles. The predicted molar refractivity (Wildman–Crippen MR) is 104 cm³/mol. The molecule has 3 aromatic rings. The van der Waals surface area contributed by atoms with Crippen LogP contribution in [0.5, 0.6) is 0 Å². The summed E-state index contributed by atoms with van der Waals surface area (Å²) in [5, 5.41) is 3.37. The van der Waals surface area contributed by atoms with E-state index in [-0.39, 0.29) is 5.91 Å². The van der Waals surface area contributed by atoms with Gasteiger partial charge in [-0.25, -0.2) is 4.98 Å². The van der Waals surface area contributed by atoms with Crippen molar-refractivity contribution in [1.29, 1.82) is 0 Å². The summed E-state index contributed by atoms with van der Waals surface area (Å²) in [6, 6.07) is 11.9. The summed E-state index contributed by atoms with van der Waals surface area (Å²) < 4.78 is 2.08. The van der Waals surface area contributed by atoms with Crippen LogP contribution in [0.2, 0.25) is 5.02 Å². The molecule has 0 atom stereocenters. The largest absolute Gasteiger partial charge is 0.324 e. The highest BCUT2D eigenvalue weighted by molar-refractivity contribution is 6.32. The van der Waals surface area contributed by atoms with Crippen molar-refractivity contribution in [2.45, 2.75) is 26.7 Å². The topological polar surface area (TPSA) is 46.9 Å². The number of fused-ring (bicyclic) bond motifs is 1. The number of nitrogens with one attached hydrogen (secondary N) is 1. The van der Waals surface area contributed by atoms with Crippen molar-refractivity contribution in [3.8, 4) is 5.69 Å². The first-order chi connectivity index (χ1) is 12.0. The molecule has 0 saturated carbocycles. The summed E-state index contributed by atoms with van der Waals surface area (Å²) >= 11 is 12.1. The van der Waals surface area contributed by atoms with Gasteiger partial charge in [-0.1, -0.05) is 30.7 Å². The van der Waals surface area contributed by atoms with Gasteiger partial charge in [-0.15, -0.1) is 11.6 Å². The summed E-state index contributed by atoms with van der Waals surface area (Å²) in [6.45, 7) is 3.53. The van der Waals surface area contributed by atoms with Crippen LogP contribution in [-0.2, 0) is 17.6 Å². The number of nitrogens with zero attached hydrogens (tertiary/aromatic N) is 2. The predicted octanol–water partition coefficient (Wildman–Crippen LogP) is 4.98. The third kappa shape index (κ3) is 3.65. The fraction of sp³-hybridized carbons (Fsp3) is 0.263. The van der Waals surface area contributed by atoms with E-state index in [2.05, 4.69) is 41.1 Å². The van der Waals surface area contributed by atoms with Crippen molar-refractivity contribution >= 4 is 45.8 Å². The van der Waals surface area contributed by atoms with E-state index < -0.39 is 0 Å². The van der Waals surface area contributed by atoms with Crippen molar-refractivity contribution < 1.29 is 4.79 Å². The van der Waals surface area contributed by atoms with E-state index in [4.69, 9.17) is 28.2 Å². The fourth-order valence-corrected chi connectivity index (χ4v) is 3.35. The van der Waals surface area contributed by atoms with E-state index in [1.165, 1.54) is 12.5 Å². The smallest absolute Gasteiger partial charge is 0.221 e. The Balaban J connectivity index is 2.19. The van der Waals surface area contributed by atoms with Gasteiger partial charge in [-0.2, -0.15) is 0 Å². The number of halogens is 2. The highest BCUT2D eigenvalue weighted by atomic mass is 35.5.